The molecule has 2 N–H and O–H groups in total. The van der Waals surface area contributed by atoms with E-state index in [9.17, 15) is 9.59 Å². The number of nitrogens with one attached hydrogen (secondary N) is 2. The van der Waals surface area contributed by atoms with E-state index in [1.807, 2.05) is 20.8 Å². The van der Waals surface area contributed by atoms with Crippen molar-refractivity contribution in [3.63, 3.8) is 0 Å². The Morgan fingerprint density at radius 1 is 1.35 bits per heavy atom. The first-order chi connectivity index (χ1) is 9.20. The maximum atomic E-state index is 12.0. The zero-order chi connectivity index (χ0) is 15.0. The lowest BCUT2D eigenvalue weighted by Crippen LogP contribution is -2.52. The van der Waals surface area contributed by atoms with Gasteiger partial charge in [0.25, 0.3) is 0 Å². The molecule has 0 spiro atoms. The minimum absolute atomic E-state index is 0.0953. The first kappa shape index (κ1) is 14.9. The van der Waals surface area contributed by atoms with Gasteiger partial charge >= 0.3 is 12.1 Å². The lowest BCUT2D eigenvalue weighted by Gasteiger charge is -2.40. The highest BCUT2D eigenvalue weighted by atomic mass is 16.6. The number of piperidine rings is 1. The van der Waals surface area contributed by atoms with Crippen LogP contribution in [0.4, 0.5) is 9.59 Å². The molecular formula is C14H25N3O3. The number of rotatable bonds is 1. The summed E-state index contributed by atoms with van der Waals surface area (Å²) in [6, 6.07) is -0.0953. The summed E-state index contributed by atoms with van der Waals surface area (Å²) in [6.07, 6.45) is 1.53. The number of carbonyl (C=O) groups excluding carboxylic acids is 2. The van der Waals surface area contributed by atoms with E-state index in [-0.39, 0.29) is 17.7 Å². The van der Waals surface area contributed by atoms with E-state index in [1.54, 1.807) is 4.90 Å². The van der Waals surface area contributed by atoms with Crippen LogP contribution in [-0.4, -0.2) is 47.8 Å². The number of hydrogen-bond acceptors (Lipinski definition) is 3. The van der Waals surface area contributed by atoms with Crippen molar-refractivity contribution in [2.24, 2.45) is 5.92 Å². The maximum absolute atomic E-state index is 12.0. The van der Waals surface area contributed by atoms with Gasteiger partial charge in [-0.2, -0.15) is 0 Å². The zero-order valence-electron chi connectivity index (χ0n) is 12.8. The van der Waals surface area contributed by atoms with E-state index in [0.717, 1.165) is 12.8 Å². The quantitative estimate of drug-likeness (QED) is 0.769. The van der Waals surface area contributed by atoms with Crippen molar-refractivity contribution in [1.29, 1.82) is 0 Å². The van der Waals surface area contributed by atoms with E-state index >= 15 is 0 Å². The third-order valence-electron chi connectivity index (χ3n) is 4.06. The Morgan fingerprint density at radius 2 is 1.95 bits per heavy atom. The molecule has 2 saturated heterocycles. The molecule has 0 aromatic carbocycles. The topological polar surface area (TPSA) is 70.7 Å². The molecule has 6 heteroatoms. The number of likely N-dealkylation sites (tertiary alicyclic amines) is 1. The molecule has 114 valence electrons. The molecule has 1 unspecified atom stereocenters. The van der Waals surface area contributed by atoms with Crippen molar-refractivity contribution < 1.29 is 14.3 Å². The molecule has 6 nitrogen and oxygen atoms in total. The molecule has 3 amide bonds. The summed E-state index contributed by atoms with van der Waals surface area (Å²) >= 11 is 0. The van der Waals surface area contributed by atoms with Crippen LogP contribution in [0.15, 0.2) is 0 Å². The van der Waals surface area contributed by atoms with Crippen molar-refractivity contribution in [2.45, 2.75) is 51.7 Å². The number of carbonyl (C=O) groups is 2. The van der Waals surface area contributed by atoms with Gasteiger partial charge in [-0.25, -0.2) is 9.59 Å². The third-order valence-corrected chi connectivity index (χ3v) is 4.06. The summed E-state index contributed by atoms with van der Waals surface area (Å²) < 4.78 is 5.39. The van der Waals surface area contributed by atoms with Crippen LogP contribution in [0.3, 0.4) is 0 Å². The molecule has 2 fully saturated rings. The Labute approximate surface area is 120 Å². The monoisotopic (exact) mass is 283 g/mol. The van der Waals surface area contributed by atoms with Crippen molar-refractivity contribution in [2.75, 3.05) is 19.6 Å². The Kier molecular flexibility index (Phi) is 3.84. The molecular weight excluding hydrogens is 258 g/mol. The predicted molar refractivity (Wildman–Crippen MR) is 75.5 cm³/mol. The van der Waals surface area contributed by atoms with E-state index in [2.05, 4.69) is 17.6 Å². The molecule has 0 bridgehead atoms. The van der Waals surface area contributed by atoms with E-state index in [4.69, 9.17) is 4.74 Å². The summed E-state index contributed by atoms with van der Waals surface area (Å²) in [4.78, 5) is 25.1. The zero-order valence-corrected chi connectivity index (χ0v) is 12.8. The fourth-order valence-corrected chi connectivity index (χ4v) is 2.88. The van der Waals surface area contributed by atoms with Crippen molar-refractivity contribution in [3.05, 3.63) is 0 Å². The van der Waals surface area contributed by atoms with Gasteiger partial charge in [-0.05, 0) is 46.5 Å². The Balaban J connectivity index is 1.86. The number of urea groups is 1. The molecule has 0 aromatic heterocycles. The summed E-state index contributed by atoms with van der Waals surface area (Å²) in [5.74, 6) is 0.389. The summed E-state index contributed by atoms with van der Waals surface area (Å²) in [7, 11) is 0. The Morgan fingerprint density at radius 3 is 2.40 bits per heavy atom. The van der Waals surface area contributed by atoms with Crippen molar-refractivity contribution in [3.8, 4) is 0 Å². The highest BCUT2D eigenvalue weighted by molar-refractivity contribution is 5.77. The summed E-state index contributed by atoms with van der Waals surface area (Å²) in [5, 5.41) is 5.81. The Bertz CT molecular complexity index is 397. The van der Waals surface area contributed by atoms with Gasteiger partial charge in [-0.3, -0.25) is 0 Å². The average molecular weight is 283 g/mol. The third kappa shape index (κ3) is 3.35. The maximum Gasteiger partial charge on any atom is 0.410 e. The van der Waals surface area contributed by atoms with Crippen LogP contribution in [0.1, 0.15) is 40.5 Å². The lowest BCUT2D eigenvalue weighted by atomic mass is 9.79. The SMILES string of the molecule is CC(C)(C)OC(=O)N1CCC(C2(C)CNC(=O)N2)CC1. The molecule has 1 atom stereocenters. The van der Waals surface area contributed by atoms with Crippen molar-refractivity contribution >= 4 is 12.1 Å². The van der Waals surface area contributed by atoms with Gasteiger partial charge < -0.3 is 20.3 Å². The second kappa shape index (κ2) is 5.14. The largest absolute Gasteiger partial charge is 0.444 e. The molecule has 2 rings (SSSR count). The number of hydrogen-bond donors (Lipinski definition) is 2. The van der Waals surface area contributed by atoms with Gasteiger partial charge in [0.2, 0.25) is 0 Å². The van der Waals surface area contributed by atoms with E-state index in [1.165, 1.54) is 0 Å². The number of nitrogens with zero attached hydrogens (tertiary/aromatic N) is 1. The molecule has 0 aliphatic carbocycles. The smallest absolute Gasteiger partial charge is 0.410 e. The first-order valence-electron chi connectivity index (χ1n) is 7.23. The van der Waals surface area contributed by atoms with Gasteiger partial charge in [0, 0.05) is 19.6 Å². The van der Waals surface area contributed by atoms with Crippen LogP contribution < -0.4 is 10.6 Å². The second-order valence-electron chi connectivity index (χ2n) is 6.97. The van der Waals surface area contributed by atoms with Crippen LogP contribution in [0.2, 0.25) is 0 Å². The molecule has 2 heterocycles. The molecule has 2 aliphatic rings. The van der Waals surface area contributed by atoms with Gasteiger partial charge in [-0.15, -0.1) is 0 Å². The van der Waals surface area contributed by atoms with Crippen LogP contribution in [-0.2, 0) is 4.74 Å². The summed E-state index contributed by atoms with van der Waals surface area (Å²) in [5.41, 5.74) is -0.652. The average Bonchev–Trinajstić information content (AvgIpc) is 2.69. The minimum atomic E-state index is -0.455. The molecule has 20 heavy (non-hydrogen) atoms. The molecule has 0 aromatic rings. The fraction of sp³-hybridized carbons (Fsp3) is 0.857. The molecule has 0 radical (unpaired) electrons. The lowest BCUT2D eigenvalue weighted by molar-refractivity contribution is 0.0149. The van der Waals surface area contributed by atoms with Gasteiger partial charge in [0.15, 0.2) is 0 Å². The van der Waals surface area contributed by atoms with Gasteiger partial charge in [-0.1, -0.05) is 0 Å². The van der Waals surface area contributed by atoms with E-state index in [0.29, 0.717) is 25.6 Å². The van der Waals surface area contributed by atoms with Crippen molar-refractivity contribution in [1.82, 2.24) is 15.5 Å². The normalized spacial score (nSPS) is 28.0. The molecule has 2 aliphatic heterocycles. The predicted octanol–water partition coefficient (Wildman–Crippen LogP) is 1.70. The van der Waals surface area contributed by atoms with Gasteiger partial charge in [0.1, 0.15) is 5.60 Å². The Hall–Kier alpha value is -1.46. The van der Waals surface area contributed by atoms with Gasteiger partial charge in [0.05, 0.1) is 5.54 Å². The minimum Gasteiger partial charge on any atom is -0.444 e. The van der Waals surface area contributed by atoms with E-state index < -0.39 is 5.60 Å². The molecule has 0 saturated carbocycles. The second-order valence-corrected chi connectivity index (χ2v) is 6.97. The first-order valence-corrected chi connectivity index (χ1v) is 7.23. The van der Waals surface area contributed by atoms with Crippen LogP contribution in [0.5, 0.6) is 0 Å². The number of ether oxygens (including phenoxy) is 1. The highest BCUT2D eigenvalue weighted by Gasteiger charge is 2.42. The van der Waals surface area contributed by atoms with Crippen LogP contribution in [0.25, 0.3) is 0 Å². The summed E-state index contributed by atoms with van der Waals surface area (Å²) in [6.45, 7) is 9.72. The number of amides is 3. The standard InChI is InChI=1S/C14H25N3O3/c1-13(2,3)20-12(19)17-7-5-10(6-8-17)14(4)9-15-11(18)16-14/h10H,5-9H2,1-4H3,(H2,15,16,18). The fourth-order valence-electron chi connectivity index (χ4n) is 2.88. The van der Waals surface area contributed by atoms with Crippen LogP contribution >= 0.6 is 0 Å². The van der Waals surface area contributed by atoms with Crippen LogP contribution in [0, 0.1) is 5.92 Å². The highest BCUT2D eigenvalue weighted by Crippen LogP contribution is 2.30.